The maximum absolute atomic E-state index is 13.1. The number of methoxy groups -OCH3 is 1. The van der Waals surface area contributed by atoms with Gasteiger partial charge in [-0.15, -0.1) is 0 Å². The van der Waals surface area contributed by atoms with Crippen LogP contribution in [0.1, 0.15) is 28.9 Å². The van der Waals surface area contributed by atoms with Crippen LogP contribution in [0.25, 0.3) is 22.3 Å². The van der Waals surface area contributed by atoms with Gasteiger partial charge in [0.2, 0.25) is 5.91 Å². The summed E-state index contributed by atoms with van der Waals surface area (Å²) in [6, 6.07) is 13.5. The highest BCUT2D eigenvalue weighted by atomic mass is 16.5. The Kier molecular flexibility index (Phi) is 9.44. The van der Waals surface area contributed by atoms with Crippen LogP contribution in [0.5, 0.6) is 0 Å². The molecule has 0 bridgehead atoms. The van der Waals surface area contributed by atoms with E-state index in [2.05, 4.69) is 53.0 Å². The van der Waals surface area contributed by atoms with Gasteiger partial charge in [-0.2, -0.15) is 0 Å². The molecule has 0 unspecified atom stereocenters. The molecule has 1 aromatic carbocycles. The molecule has 2 aliphatic heterocycles. The number of carbonyl (C=O) groups is 2. The van der Waals surface area contributed by atoms with Crippen molar-refractivity contribution >= 4 is 34.4 Å². The number of morpholine rings is 1. The summed E-state index contributed by atoms with van der Waals surface area (Å²) < 4.78 is 10.5. The maximum Gasteiger partial charge on any atom is 0.274 e. The van der Waals surface area contributed by atoms with Crippen LogP contribution < -0.4 is 15.5 Å². The number of likely N-dealkylation sites (tertiary alicyclic amines) is 1. The topological polar surface area (TPSA) is 138 Å². The Bertz CT molecular complexity index is 1670. The van der Waals surface area contributed by atoms with Crippen molar-refractivity contribution in [3.8, 4) is 11.3 Å². The molecular formula is C33H38N8O4. The Morgan fingerprint density at radius 1 is 1.09 bits per heavy atom. The fraction of sp³-hybridized carbons (Fsp3) is 0.364. The van der Waals surface area contributed by atoms with Gasteiger partial charge in [0.1, 0.15) is 23.5 Å². The number of anilines is 2. The number of piperidine rings is 1. The summed E-state index contributed by atoms with van der Waals surface area (Å²) in [4.78, 5) is 46.7. The van der Waals surface area contributed by atoms with Crippen molar-refractivity contribution in [3.63, 3.8) is 0 Å². The number of rotatable bonds is 10. The number of fused-ring (bicyclic) bond motifs is 1. The third-order valence-corrected chi connectivity index (χ3v) is 8.11. The van der Waals surface area contributed by atoms with E-state index in [0.29, 0.717) is 36.7 Å². The second-order valence-corrected chi connectivity index (χ2v) is 11.4. The summed E-state index contributed by atoms with van der Waals surface area (Å²) in [5.74, 6) is 0.453. The number of pyridine rings is 1. The molecule has 3 aromatic heterocycles. The minimum atomic E-state index is -0.277. The standard InChI is InChI=1S/C33H38N8O4/c1-22(20-44-2)32(42)38-26-4-3-11-40(19-26)18-23-9-10-34-29(16-23)33(43)37-25-7-5-24(6-8-25)28-17-27-30(39-28)35-21-36-31(27)41-12-14-45-15-13-41/h5-10,16-17,21,26H,1,3-4,11-15,18-20H2,2H3,(H,37,43)(H,38,42)(H,35,36,39)/t26-/m1/s1. The van der Waals surface area contributed by atoms with Crippen LogP contribution in [0.3, 0.4) is 0 Å². The average molecular weight is 611 g/mol. The van der Waals surface area contributed by atoms with E-state index in [1.807, 2.05) is 36.4 Å². The molecular weight excluding hydrogens is 572 g/mol. The molecule has 0 saturated carbocycles. The lowest BCUT2D eigenvalue weighted by Crippen LogP contribution is -2.47. The number of aromatic amines is 1. The number of carbonyl (C=O) groups excluding carboxylic acids is 2. The molecule has 4 aromatic rings. The first-order chi connectivity index (χ1) is 22.0. The van der Waals surface area contributed by atoms with E-state index in [9.17, 15) is 9.59 Å². The number of nitrogens with one attached hydrogen (secondary N) is 3. The molecule has 0 radical (unpaired) electrons. The van der Waals surface area contributed by atoms with E-state index >= 15 is 0 Å². The van der Waals surface area contributed by atoms with Crippen molar-refractivity contribution < 1.29 is 19.1 Å². The van der Waals surface area contributed by atoms with Crippen LogP contribution in [0, 0.1) is 0 Å². The molecule has 45 heavy (non-hydrogen) atoms. The number of hydrogen-bond donors (Lipinski definition) is 3. The Morgan fingerprint density at radius 2 is 1.91 bits per heavy atom. The lowest BCUT2D eigenvalue weighted by Gasteiger charge is -2.33. The van der Waals surface area contributed by atoms with Crippen molar-refractivity contribution in [2.45, 2.75) is 25.4 Å². The molecule has 234 valence electrons. The van der Waals surface area contributed by atoms with Gasteiger partial charge in [0.05, 0.1) is 25.2 Å². The highest BCUT2D eigenvalue weighted by Crippen LogP contribution is 2.30. The maximum atomic E-state index is 13.1. The van der Waals surface area contributed by atoms with Crippen molar-refractivity contribution in [2.75, 3.05) is 63.3 Å². The van der Waals surface area contributed by atoms with Gasteiger partial charge in [-0.05, 0) is 60.8 Å². The van der Waals surface area contributed by atoms with Crippen LogP contribution in [0.2, 0.25) is 0 Å². The van der Waals surface area contributed by atoms with Crippen LogP contribution >= 0.6 is 0 Å². The minimum absolute atomic E-state index is 0.0385. The molecule has 5 heterocycles. The summed E-state index contributed by atoms with van der Waals surface area (Å²) in [6.07, 6.45) is 5.13. The van der Waals surface area contributed by atoms with E-state index in [-0.39, 0.29) is 24.5 Å². The second-order valence-electron chi connectivity index (χ2n) is 11.4. The molecule has 12 heteroatoms. The van der Waals surface area contributed by atoms with Crippen LogP contribution in [0.4, 0.5) is 11.5 Å². The third kappa shape index (κ3) is 7.36. The number of amides is 2. The first kappa shape index (κ1) is 30.4. The molecule has 1 atom stereocenters. The zero-order valence-electron chi connectivity index (χ0n) is 25.4. The zero-order valence-corrected chi connectivity index (χ0v) is 25.4. The smallest absolute Gasteiger partial charge is 0.274 e. The summed E-state index contributed by atoms with van der Waals surface area (Å²) >= 11 is 0. The summed E-state index contributed by atoms with van der Waals surface area (Å²) in [5, 5.41) is 6.99. The van der Waals surface area contributed by atoms with Crippen molar-refractivity contribution in [3.05, 3.63) is 78.4 Å². The van der Waals surface area contributed by atoms with Gasteiger partial charge in [0.25, 0.3) is 5.91 Å². The lowest BCUT2D eigenvalue weighted by molar-refractivity contribution is -0.119. The number of ether oxygens (including phenoxy) is 2. The van der Waals surface area contributed by atoms with Gasteiger partial charge < -0.3 is 30.0 Å². The SMILES string of the molecule is C=C(COC)C(=O)N[C@@H]1CCCN(Cc2ccnc(C(=O)Nc3ccc(-c4cc5c(N6CCOCC6)ncnc5[nH]4)cc3)c2)C1. The van der Waals surface area contributed by atoms with E-state index in [0.717, 1.165) is 72.7 Å². The van der Waals surface area contributed by atoms with Gasteiger partial charge in [0, 0.05) is 62.5 Å². The number of benzene rings is 1. The first-order valence-corrected chi connectivity index (χ1v) is 15.2. The Balaban J connectivity index is 1.07. The fourth-order valence-corrected chi connectivity index (χ4v) is 5.84. The monoisotopic (exact) mass is 610 g/mol. The highest BCUT2D eigenvalue weighted by Gasteiger charge is 2.23. The number of hydrogen-bond acceptors (Lipinski definition) is 9. The Morgan fingerprint density at radius 3 is 2.71 bits per heavy atom. The van der Waals surface area contributed by atoms with E-state index < -0.39 is 0 Å². The van der Waals surface area contributed by atoms with Crippen molar-refractivity contribution in [1.29, 1.82) is 0 Å². The first-order valence-electron chi connectivity index (χ1n) is 15.2. The van der Waals surface area contributed by atoms with Crippen molar-refractivity contribution in [1.82, 2.24) is 30.2 Å². The zero-order chi connectivity index (χ0) is 31.2. The number of H-pyrrole nitrogens is 1. The predicted molar refractivity (Wildman–Crippen MR) is 172 cm³/mol. The lowest BCUT2D eigenvalue weighted by atomic mass is 10.0. The molecule has 2 fully saturated rings. The third-order valence-electron chi connectivity index (χ3n) is 8.11. The number of nitrogens with zero attached hydrogens (tertiary/aromatic N) is 5. The normalized spacial score (nSPS) is 17.3. The average Bonchev–Trinajstić information content (AvgIpc) is 3.51. The van der Waals surface area contributed by atoms with Crippen LogP contribution in [-0.4, -0.2) is 95.8 Å². The van der Waals surface area contributed by atoms with Crippen molar-refractivity contribution in [2.24, 2.45) is 0 Å². The van der Waals surface area contributed by atoms with E-state index in [1.165, 1.54) is 0 Å². The van der Waals surface area contributed by atoms with Crippen LogP contribution in [-0.2, 0) is 20.8 Å². The highest BCUT2D eigenvalue weighted by molar-refractivity contribution is 6.03. The largest absolute Gasteiger partial charge is 0.380 e. The molecule has 2 saturated heterocycles. The van der Waals surface area contributed by atoms with Gasteiger partial charge in [0.15, 0.2) is 0 Å². The van der Waals surface area contributed by atoms with Gasteiger partial charge in [-0.25, -0.2) is 9.97 Å². The molecule has 0 aliphatic carbocycles. The Hall–Kier alpha value is -4.65. The molecule has 6 rings (SSSR count). The van der Waals surface area contributed by atoms with Crippen LogP contribution in [0.15, 0.2) is 67.1 Å². The molecule has 2 aliphatic rings. The Labute approximate surface area is 261 Å². The molecule has 2 amide bonds. The van der Waals surface area contributed by atoms with Gasteiger partial charge >= 0.3 is 0 Å². The summed E-state index contributed by atoms with van der Waals surface area (Å²) in [7, 11) is 1.55. The summed E-state index contributed by atoms with van der Waals surface area (Å²) in [6.45, 7) is 9.26. The van der Waals surface area contributed by atoms with E-state index in [1.54, 1.807) is 19.6 Å². The summed E-state index contributed by atoms with van der Waals surface area (Å²) in [5.41, 5.74) is 5.09. The van der Waals surface area contributed by atoms with Gasteiger partial charge in [-0.3, -0.25) is 19.5 Å². The quantitative estimate of drug-likeness (QED) is 0.231. The minimum Gasteiger partial charge on any atom is -0.380 e. The molecule has 0 spiro atoms. The van der Waals surface area contributed by atoms with Gasteiger partial charge in [-0.1, -0.05) is 18.7 Å². The van der Waals surface area contributed by atoms with E-state index in [4.69, 9.17) is 9.47 Å². The predicted octanol–water partition coefficient (Wildman–Crippen LogP) is 3.39. The molecule has 12 nitrogen and oxygen atoms in total. The number of aromatic nitrogens is 4. The second kappa shape index (κ2) is 14.0. The molecule has 3 N–H and O–H groups in total. The fourth-order valence-electron chi connectivity index (χ4n) is 5.84.